The number of likely N-dealkylation sites (tertiary alicyclic amines) is 1. The van der Waals surface area contributed by atoms with E-state index in [0.29, 0.717) is 19.6 Å². The lowest BCUT2D eigenvalue weighted by atomic mass is 10.1. The predicted molar refractivity (Wildman–Crippen MR) is 85.9 cm³/mol. The molecule has 3 heterocycles. The van der Waals surface area contributed by atoms with Crippen molar-refractivity contribution in [3.8, 4) is 0 Å². The highest BCUT2D eigenvalue weighted by atomic mass is 16.5. The number of aromatic nitrogens is 1. The molecular weight excluding hydrogens is 294 g/mol. The van der Waals surface area contributed by atoms with Gasteiger partial charge in [-0.25, -0.2) is 0 Å². The predicted octanol–water partition coefficient (Wildman–Crippen LogP) is 0.968. The maximum atomic E-state index is 12.3. The van der Waals surface area contributed by atoms with Crippen molar-refractivity contribution in [3.05, 3.63) is 30.1 Å². The molecule has 0 bridgehead atoms. The number of morpholine rings is 1. The monoisotopic (exact) mass is 319 g/mol. The van der Waals surface area contributed by atoms with Crippen LogP contribution in [0.15, 0.2) is 24.5 Å². The van der Waals surface area contributed by atoms with Crippen molar-refractivity contribution in [1.82, 2.24) is 15.2 Å². The number of nitrogens with one attached hydrogen (secondary N) is 1. The first kappa shape index (κ1) is 16.4. The van der Waals surface area contributed by atoms with Gasteiger partial charge in [-0.15, -0.1) is 0 Å². The van der Waals surface area contributed by atoms with Gasteiger partial charge in [0, 0.05) is 44.5 Å². The summed E-state index contributed by atoms with van der Waals surface area (Å²) >= 11 is 0. The molecule has 0 aromatic carbocycles. The number of piperidine rings is 1. The third-order valence-corrected chi connectivity index (χ3v) is 4.42. The highest BCUT2D eigenvalue weighted by molar-refractivity contribution is 5.77. The molecule has 0 unspecified atom stereocenters. The van der Waals surface area contributed by atoms with Crippen LogP contribution in [0.2, 0.25) is 0 Å². The van der Waals surface area contributed by atoms with Gasteiger partial charge in [0.2, 0.25) is 5.91 Å². The molecule has 0 aliphatic carbocycles. The minimum absolute atomic E-state index is 0.163. The first-order valence-corrected chi connectivity index (χ1v) is 8.40. The minimum Gasteiger partial charge on any atom is -0.378 e. The van der Waals surface area contributed by atoms with Crippen LogP contribution in [0.4, 0.5) is 0 Å². The van der Waals surface area contributed by atoms with Crippen LogP contribution in [-0.4, -0.2) is 60.8 Å². The molecule has 0 spiro atoms. The second-order valence-electron chi connectivity index (χ2n) is 6.18. The first-order valence-electron chi connectivity index (χ1n) is 8.40. The molecule has 1 amide bonds. The van der Waals surface area contributed by atoms with E-state index >= 15 is 0 Å². The Morgan fingerprint density at radius 2 is 2.30 bits per heavy atom. The summed E-state index contributed by atoms with van der Waals surface area (Å²) in [7, 11) is 0. The number of hydrogen-bond acceptors (Lipinski definition) is 5. The standard InChI is InChI=1S/C17H25N3O3/c21-17(10-15-13-22-9-6-19-15)20-7-3-16(4-8-20)23-12-14-2-1-5-18-11-14/h1-2,5,11,15-16,19H,3-4,6-10,12-13H2/t15-/m0/s1. The van der Waals surface area contributed by atoms with Gasteiger partial charge < -0.3 is 19.7 Å². The maximum absolute atomic E-state index is 12.3. The van der Waals surface area contributed by atoms with Crippen molar-refractivity contribution >= 4 is 5.91 Å². The fourth-order valence-corrected chi connectivity index (χ4v) is 3.06. The fourth-order valence-electron chi connectivity index (χ4n) is 3.06. The van der Waals surface area contributed by atoms with E-state index in [2.05, 4.69) is 10.3 Å². The summed E-state index contributed by atoms with van der Waals surface area (Å²) in [6, 6.07) is 4.10. The van der Waals surface area contributed by atoms with Crippen LogP contribution in [0.25, 0.3) is 0 Å². The van der Waals surface area contributed by atoms with Crippen LogP contribution >= 0.6 is 0 Å². The van der Waals surface area contributed by atoms with Crippen LogP contribution in [-0.2, 0) is 20.9 Å². The van der Waals surface area contributed by atoms with Crippen molar-refractivity contribution in [2.45, 2.75) is 38.0 Å². The summed E-state index contributed by atoms with van der Waals surface area (Å²) in [6.07, 6.45) is 6.16. The molecule has 2 aliphatic heterocycles. The van der Waals surface area contributed by atoms with Gasteiger partial charge in [0.25, 0.3) is 0 Å². The molecule has 1 atom stereocenters. The molecule has 6 heteroatoms. The Balaban J connectivity index is 1.37. The zero-order valence-corrected chi connectivity index (χ0v) is 13.4. The van der Waals surface area contributed by atoms with Crippen LogP contribution in [0.3, 0.4) is 0 Å². The Labute approximate surface area is 137 Å². The molecule has 1 aromatic rings. The Bertz CT molecular complexity index is 483. The Morgan fingerprint density at radius 1 is 1.43 bits per heavy atom. The van der Waals surface area contributed by atoms with Crippen molar-refractivity contribution in [1.29, 1.82) is 0 Å². The molecule has 3 rings (SSSR count). The molecule has 2 saturated heterocycles. The third kappa shape index (κ3) is 4.99. The number of ether oxygens (including phenoxy) is 2. The summed E-state index contributed by atoms with van der Waals surface area (Å²) < 4.78 is 11.3. The molecule has 2 fully saturated rings. The zero-order chi connectivity index (χ0) is 15.9. The topological polar surface area (TPSA) is 63.7 Å². The van der Waals surface area contributed by atoms with Crippen molar-refractivity contribution in [2.24, 2.45) is 0 Å². The molecule has 0 saturated carbocycles. The van der Waals surface area contributed by atoms with Gasteiger partial charge in [-0.05, 0) is 24.5 Å². The highest BCUT2D eigenvalue weighted by Gasteiger charge is 2.25. The zero-order valence-electron chi connectivity index (χ0n) is 13.4. The van der Waals surface area contributed by atoms with Gasteiger partial charge >= 0.3 is 0 Å². The Kier molecular flexibility index (Phi) is 5.96. The molecule has 1 N–H and O–H groups in total. The van der Waals surface area contributed by atoms with Gasteiger partial charge in [0.05, 0.1) is 25.9 Å². The minimum atomic E-state index is 0.163. The molecule has 2 aliphatic rings. The molecule has 0 radical (unpaired) electrons. The Morgan fingerprint density at radius 3 is 3.00 bits per heavy atom. The number of carbonyl (C=O) groups excluding carboxylic acids is 1. The summed E-state index contributed by atoms with van der Waals surface area (Å²) in [6.45, 7) is 4.37. The SMILES string of the molecule is O=C(C[C@H]1COCCN1)N1CCC(OCc2cccnc2)CC1. The normalized spacial score (nSPS) is 23.0. The van der Waals surface area contributed by atoms with E-state index in [4.69, 9.17) is 9.47 Å². The van der Waals surface area contributed by atoms with Crippen LogP contribution in [0.5, 0.6) is 0 Å². The average molecular weight is 319 g/mol. The molecule has 1 aromatic heterocycles. The maximum Gasteiger partial charge on any atom is 0.224 e. The molecule has 23 heavy (non-hydrogen) atoms. The third-order valence-electron chi connectivity index (χ3n) is 4.42. The van der Waals surface area contributed by atoms with Crippen molar-refractivity contribution < 1.29 is 14.3 Å². The quantitative estimate of drug-likeness (QED) is 0.876. The van der Waals surface area contributed by atoms with E-state index in [9.17, 15) is 4.79 Å². The van der Waals surface area contributed by atoms with E-state index in [0.717, 1.165) is 44.6 Å². The molecular formula is C17H25N3O3. The van der Waals surface area contributed by atoms with Crippen molar-refractivity contribution in [3.63, 3.8) is 0 Å². The second kappa shape index (κ2) is 8.38. The number of hydrogen-bond donors (Lipinski definition) is 1. The summed E-state index contributed by atoms with van der Waals surface area (Å²) in [5.41, 5.74) is 1.09. The van der Waals surface area contributed by atoms with Crippen LogP contribution in [0, 0.1) is 0 Å². The second-order valence-corrected chi connectivity index (χ2v) is 6.18. The van der Waals surface area contributed by atoms with Gasteiger partial charge in [0.1, 0.15) is 0 Å². The van der Waals surface area contributed by atoms with E-state index in [1.807, 2.05) is 23.2 Å². The average Bonchev–Trinajstić information content (AvgIpc) is 2.62. The highest BCUT2D eigenvalue weighted by Crippen LogP contribution is 2.17. The van der Waals surface area contributed by atoms with E-state index in [1.165, 1.54) is 0 Å². The summed E-state index contributed by atoms with van der Waals surface area (Å²) in [5, 5.41) is 3.33. The number of nitrogens with zero attached hydrogens (tertiary/aromatic N) is 2. The van der Waals surface area contributed by atoms with Crippen LogP contribution in [0.1, 0.15) is 24.8 Å². The lowest BCUT2D eigenvalue weighted by molar-refractivity contribution is -0.135. The fraction of sp³-hybridized carbons (Fsp3) is 0.647. The number of rotatable bonds is 5. The van der Waals surface area contributed by atoms with Gasteiger partial charge in [0.15, 0.2) is 0 Å². The van der Waals surface area contributed by atoms with Gasteiger partial charge in [-0.1, -0.05) is 6.07 Å². The number of amides is 1. The van der Waals surface area contributed by atoms with E-state index in [-0.39, 0.29) is 18.1 Å². The van der Waals surface area contributed by atoms with Gasteiger partial charge in [-0.3, -0.25) is 9.78 Å². The number of carbonyl (C=O) groups is 1. The molecule has 126 valence electrons. The number of pyridine rings is 1. The lowest BCUT2D eigenvalue weighted by Gasteiger charge is -2.33. The first-order chi connectivity index (χ1) is 11.3. The smallest absolute Gasteiger partial charge is 0.224 e. The summed E-state index contributed by atoms with van der Waals surface area (Å²) in [4.78, 5) is 18.4. The van der Waals surface area contributed by atoms with Crippen molar-refractivity contribution in [2.75, 3.05) is 32.8 Å². The van der Waals surface area contributed by atoms with Gasteiger partial charge in [-0.2, -0.15) is 0 Å². The van der Waals surface area contributed by atoms with E-state index < -0.39 is 0 Å². The Hall–Kier alpha value is -1.50. The van der Waals surface area contributed by atoms with Crippen LogP contribution < -0.4 is 5.32 Å². The molecule has 6 nitrogen and oxygen atoms in total. The summed E-state index contributed by atoms with van der Waals surface area (Å²) in [5.74, 6) is 0.221. The largest absolute Gasteiger partial charge is 0.378 e. The lowest BCUT2D eigenvalue weighted by Crippen LogP contribution is -2.47. The van der Waals surface area contributed by atoms with E-state index in [1.54, 1.807) is 6.20 Å².